The largest absolute Gasteiger partial charge is 0.351 e. The van der Waals surface area contributed by atoms with Crippen LogP contribution < -0.4 is 21.2 Å². The van der Waals surface area contributed by atoms with E-state index in [9.17, 15) is 9.59 Å². The molecule has 1 N–H and O–H groups in total. The first-order valence-electron chi connectivity index (χ1n) is 8.39. The van der Waals surface area contributed by atoms with Gasteiger partial charge < -0.3 is 5.32 Å². The first-order chi connectivity index (χ1) is 12.8. The number of amides is 1. The number of carbonyl (C=O) groups excluding carboxylic acids is 2. The SMILES string of the molecule is O=CNCC(=O)C=P(c1ccccc1)(c1ccccc1)c1ccccc1. The molecule has 0 aliphatic heterocycles. The van der Waals surface area contributed by atoms with Gasteiger partial charge in [-0.2, -0.15) is 0 Å². The average molecular weight is 361 g/mol. The summed E-state index contributed by atoms with van der Waals surface area (Å²) in [5, 5.41) is 5.81. The van der Waals surface area contributed by atoms with Crippen LogP contribution in [-0.2, 0) is 9.59 Å². The van der Waals surface area contributed by atoms with Crippen LogP contribution in [-0.4, -0.2) is 24.5 Å². The zero-order valence-electron chi connectivity index (χ0n) is 14.3. The van der Waals surface area contributed by atoms with Crippen molar-refractivity contribution in [2.45, 2.75) is 0 Å². The van der Waals surface area contributed by atoms with Gasteiger partial charge in [-0.3, -0.25) is 9.59 Å². The van der Waals surface area contributed by atoms with Crippen LogP contribution in [0, 0.1) is 0 Å². The molecule has 3 aromatic rings. The van der Waals surface area contributed by atoms with Crippen molar-refractivity contribution in [1.82, 2.24) is 5.32 Å². The predicted octanol–water partition coefficient (Wildman–Crippen LogP) is 2.10. The number of Topliss-reactive ketones (excluding diaryl/α,β-unsaturated/α-hetero) is 1. The molecule has 0 saturated heterocycles. The second-order valence-electron chi connectivity index (χ2n) is 5.82. The third-order valence-electron chi connectivity index (χ3n) is 4.19. The number of carbonyl (C=O) groups is 2. The van der Waals surface area contributed by atoms with Gasteiger partial charge in [0.2, 0.25) is 6.41 Å². The molecule has 0 heterocycles. The smallest absolute Gasteiger partial charge is 0.207 e. The predicted molar refractivity (Wildman–Crippen MR) is 110 cm³/mol. The Labute approximate surface area is 153 Å². The molecule has 0 bridgehead atoms. The molecule has 0 saturated carbocycles. The monoisotopic (exact) mass is 361 g/mol. The van der Waals surface area contributed by atoms with E-state index in [-0.39, 0.29) is 12.3 Å². The lowest BCUT2D eigenvalue weighted by Crippen LogP contribution is -2.31. The van der Waals surface area contributed by atoms with E-state index in [0.29, 0.717) is 6.41 Å². The van der Waals surface area contributed by atoms with Gasteiger partial charge in [0.25, 0.3) is 0 Å². The Morgan fingerprint density at radius 2 is 1.12 bits per heavy atom. The summed E-state index contributed by atoms with van der Waals surface area (Å²) in [4.78, 5) is 23.3. The summed E-state index contributed by atoms with van der Waals surface area (Å²) in [5.74, 6) is 1.73. The Bertz CT molecular complexity index is 819. The van der Waals surface area contributed by atoms with E-state index in [2.05, 4.69) is 41.7 Å². The number of hydrogen-bond donors (Lipinski definition) is 1. The molecule has 130 valence electrons. The van der Waals surface area contributed by atoms with Gasteiger partial charge in [0.1, 0.15) is 0 Å². The number of rotatable bonds is 7. The highest BCUT2D eigenvalue weighted by Crippen LogP contribution is 2.43. The van der Waals surface area contributed by atoms with E-state index < -0.39 is 6.89 Å². The number of hydrogen-bond acceptors (Lipinski definition) is 2. The minimum absolute atomic E-state index is 0.00223. The molecule has 0 fully saturated rings. The van der Waals surface area contributed by atoms with Crippen LogP contribution >= 0.6 is 6.89 Å². The molecule has 0 atom stereocenters. The van der Waals surface area contributed by atoms with E-state index >= 15 is 0 Å². The fraction of sp³-hybridized carbons (Fsp3) is 0.0455. The molecule has 0 aliphatic rings. The van der Waals surface area contributed by atoms with Crippen LogP contribution in [0.3, 0.4) is 0 Å². The average Bonchev–Trinajstić information content (AvgIpc) is 2.72. The summed E-state index contributed by atoms with van der Waals surface area (Å²) in [5.41, 5.74) is 0. The summed E-state index contributed by atoms with van der Waals surface area (Å²) in [6.45, 7) is -2.28. The van der Waals surface area contributed by atoms with Crippen LogP contribution in [0.15, 0.2) is 91.0 Å². The third kappa shape index (κ3) is 3.68. The Balaban J connectivity index is 2.34. The van der Waals surface area contributed by atoms with Crippen LogP contribution in [0.25, 0.3) is 0 Å². The lowest BCUT2D eigenvalue weighted by molar-refractivity contribution is -0.115. The van der Waals surface area contributed by atoms with Crippen LogP contribution in [0.4, 0.5) is 0 Å². The summed E-state index contributed by atoms with van der Waals surface area (Å²) in [6.07, 6.45) is 0.555. The molecular formula is C22H20NO2P. The van der Waals surface area contributed by atoms with Gasteiger partial charge in [-0.05, 0) is 28.6 Å². The van der Waals surface area contributed by atoms with Crippen LogP contribution in [0.2, 0.25) is 0 Å². The van der Waals surface area contributed by atoms with Crippen molar-refractivity contribution in [2.75, 3.05) is 6.54 Å². The maximum absolute atomic E-state index is 12.7. The fourth-order valence-corrected chi connectivity index (χ4v) is 6.86. The van der Waals surface area contributed by atoms with Crippen molar-refractivity contribution in [3.63, 3.8) is 0 Å². The van der Waals surface area contributed by atoms with Gasteiger partial charge in [-0.15, -0.1) is 0 Å². The third-order valence-corrected chi connectivity index (χ3v) is 8.20. The van der Waals surface area contributed by atoms with Gasteiger partial charge in [0.05, 0.1) is 6.54 Å². The van der Waals surface area contributed by atoms with Crippen LogP contribution in [0.1, 0.15) is 0 Å². The highest BCUT2D eigenvalue weighted by molar-refractivity contribution is 7.95. The molecule has 1 amide bonds. The zero-order valence-corrected chi connectivity index (χ0v) is 15.2. The minimum Gasteiger partial charge on any atom is -0.351 e. The standard InChI is InChI=1S/C22H20NO2P/c24-18-23-16-19(25)17-26(20-10-4-1-5-11-20,21-12-6-2-7-13-21)22-14-8-3-9-15-22/h1-15,17-18H,16H2,(H,23,24). The maximum Gasteiger partial charge on any atom is 0.207 e. The summed E-state index contributed by atoms with van der Waals surface area (Å²) < 4.78 is 0. The molecular weight excluding hydrogens is 341 g/mol. The zero-order chi connectivity index (χ0) is 18.2. The van der Waals surface area contributed by atoms with Gasteiger partial charge in [0, 0.05) is 0 Å². The normalized spacial score (nSPS) is 10.8. The Kier molecular flexibility index (Phi) is 5.83. The topological polar surface area (TPSA) is 46.2 Å². The van der Waals surface area contributed by atoms with Crippen LogP contribution in [0.5, 0.6) is 0 Å². The van der Waals surface area contributed by atoms with E-state index in [1.54, 1.807) is 0 Å². The number of benzene rings is 3. The molecule has 0 unspecified atom stereocenters. The van der Waals surface area contributed by atoms with E-state index in [4.69, 9.17) is 0 Å². The fourth-order valence-electron chi connectivity index (χ4n) is 3.06. The molecule has 26 heavy (non-hydrogen) atoms. The van der Waals surface area contributed by atoms with Crippen molar-refractivity contribution < 1.29 is 9.59 Å². The summed E-state index contributed by atoms with van der Waals surface area (Å²) >= 11 is 0. The Hall–Kier alpha value is -2.90. The Morgan fingerprint density at radius 1 is 0.731 bits per heavy atom. The molecule has 0 spiro atoms. The lowest BCUT2D eigenvalue weighted by atomic mass is 10.4. The molecule has 0 radical (unpaired) electrons. The first-order valence-corrected chi connectivity index (χ1v) is 10.2. The van der Waals surface area contributed by atoms with E-state index in [1.807, 2.05) is 60.4 Å². The Morgan fingerprint density at radius 3 is 1.46 bits per heavy atom. The number of nitrogens with one attached hydrogen (secondary N) is 1. The van der Waals surface area contributed by atoms with Gasteiger partial charge in [0.15, 0.2) is 5.78 Å². The highest BCUT2D eigenvalue weighted by Gasteiger charge is 2.25. The molecule has 3 rings (SSSR count). The minimum atomic E-state index is -2.28. The molecule has 0 aliphatic carbocycles. The summed E-state index contributed by atoms with van der Waals surface area (Å²) in [7, 11) is 0. The second-order valence-corrected chi connectivity index (χ2v) is 9.08. The van der Waals surface area contributed by atoms with Crippen molar-refractivity contribution in [2.24, 2.45) is 0 Å². The van der Waals surface area contributed by atoms with E-state index in [1.165, 1.54) is 0 Å². The van der Waals surface area contributed by atoms with Crippen molar-refractivity contribution >= 4 is 40.8 Å². The quantitative estimate of drug-likeness (QED) is 0.517. The van der Waals surface area contributed by atoms with Gasteiger partial charge >= 0.3 is 0 Å². The molecule has 4 heteroatoms. The first kappa shape index (κ1) is 17.9. The van der Waals surface area contributed by atoms with Crippen molar-refractivity contribution in [1.29, 1.82) is 0 Å². The maximum atomic E-state index is 12.7. The molecule has 3 nitrogen and oxygen atoms in total. The van der Waals surface area contributed by atoms with E-state index in [0.717, 1.165) is 15.9 Å². The molecule has 0 aromatic heterocycles. The summed E-state index contributed by atoms with van der Waals surface area (Å²) in [6, 6.07) is 30.4. The lowest BCUT2D eigenvalue weighted by Gasteiger charge is -2.28. The molecule has 3 aromatic carbocycles. The number of ketones is 1. The van der Waals surface area contributed by atoms with Crippen molar-refractivity contribution in [3.8, 4) is 0 Å². The second kappa shape index (κ2) is 8.46. The highest BCUT2D eigenvalue weighted by atomic mass is 31.2. The van der Waals surface area contributed by atoms with Gasteiger partial charge in [-0.1, -0.05) is 91.0 Å². The van der Waals surface area contributed by atoms with Gasteiger partial charge in [-0.25, -0.2) is 0 Å². The van der Waals surface area contributed by atoms with Crippen molar-refractivity contribution in [3.05, 3.63) is 91.0 Å².